The second-order valence-electron chi connectivity index (χ2n) is 21.5. The molecule has 3 aromatic heterocycles. The number of rotatable bonds is 10. The maximum atomic E-state index is 2.57. The van der Waals surface area contributed by atoms with Crippen LogP contribution >= 0.6 is 11.3 Å². The zero-order valence-corrected chi connectivity index (χ0v) is 46.6. The van der Waals surface area contributed by atoms with Gasteiger partial charge in [0, 0.05) is 64.1 Å². The quantitative estimate of drug-likeness (QED) is 0.0954. The van der Waals surface area contributed by atoms with Crippen LogP contribution in [0.25, 0.3) is 120 Å². The molecule has 0 aliphatic rings. The minimum Gasteiger partial charge on any atom is -0.309 e. The van der Waals surface area contributed by atoms with Crippen LogP contribution in [-0.2, 0) is 0 Å². The van der Waals surface area contributed by atoms with E-state index in [1.807, 2.05) is 11.3 Å². The van der Waals surface area contributed by atoms with Crippen molar-refractivity contribution in [3.8, 4) is 55.9 Å². The first-order valence-corrected chi connectivity index (χ1v) is 31.1. The van der Waals surface area contributed by atoms with Gasteiger partial charge in [-0.05, 0) is 91.0 Å². The number of benzene rings is 13. The molecule has 0 aliphatic carbocycles. The molecule has 16 rings (SSSR count). The molecule has 0 radical (unpaired) electrons. The average molecular weight is 1080 g/mol. The lowest BCUT2D eigenvalue weighted by Crippen LogP contribution is -2.74. The van der Waals surface area contributed by atoms with Crippen molar-refractivity contribution in [2.45, 2.75) is 0 Å². The molecule has 0 N–H and O–H groups in total. The lowest BCUT2D eigenvalue weighted by Gasteiger charge is -2.36. The van der Waals surface area contributed by atoms with Crippen molar-refractivity contribution in [3.05, 3.63) is 315 Å². The van der Waals surface area contributed by atoms with Crippen LogP contribution in [0, 0.1) is 0 Å². The van der Waals surface area contributed by atoms with Gasteiger partial charge in [-0.25, -0.2) is 0 Å². The molecule has 0 saturated heterocycles. The van der Waals surface area contributed by atoms with Crippen LogP contribution < -0.4 is 20.7 Å². The summed E-state index contributed by atoms with van der Waals surface area (Å²) in [7, 11) is -3.12. The van der Waals surface area contributed by atoms with E-state index < -0.39 is 8.07 Å². The van der Waals surface area contributed by atoms with Crippen LogP contribution in [0.3, 0.4) is 0 Å². The predicted octanol–water partition coefficient (Wildman–Crippen LogP) is 18.3. The van der Waals surface area contributed by atoms with Gasteiger partial charge in [-0.15, -0.1) is 11.3 Å². The second-order valence-corrected chi connectivity index (χ2v) is 26.4. The van der Waals surface area contributed by atoms with Crippen LogP contribution in [0.2, 0.25) is 0 Å². The Morgan fingerprint density at radius 1 is 0.256 bits per heavy atom. The fraction of sp³-hybridized carbons (Fsp3) is 0. The third-order valence-corrected chi connectivity index (χ3v) is 23.0. The SMILES string of the molecule is c1ccc(-c2ccc([Si](c3ccccc3)(c3ccccc3)c3cc(-c4ccccc4)c(-n4c5ccccc5c5cc(-n6c7ccccc7c7cccc(-c8cccc9sc%10ccccc%10c89)c76)ccc54)c(-c4ccccc4)c3)cc2)cc1. The Labute approximate surface area is 481 Å². The molecule has 384 valence electrons. The summed E-state index contributed by atoms with van der Waals surface area (Å²) in [4.78, 5) is 0. The van der Waals surface area contributed by atoms with Gasteiger partial charge in [0.1, 0.15) is 0 Å². The molecule has 0 bridgehead atoms. The maximum absolute atomic E-state index is 3.12. The third-order valence-electron chi connectivity index (χ3n) is 17.1. The van der Waals surface area contributed by atoms with Crippen molar-refractivity contribution in [3.63, 3.8) is 0 Å². The van der Waals surface area contributed by atoms with E-state index in [1.165, 1.54) is 107 Å². The second kappa shape index (κ2) is 19.6. The molecule has 2 nitrogen and oxygen atoms in total. The number of hydrogen-bond donors (Lipinski definition) is 0. The predicted molar refractivity (Wildman–Crippen MR) is 353 cm³/mol. The van der Waals surface area contributed by atoms with E-state index in [-0.39, 0.29) is 0 Å². The van der Waals surface area contributed by atoms with Gasteiger partial charge in [0.05, 0.1) is 27.8 Å². The fourth-order valence-electron chi connectivity index (χ4n) is 13.5. The van der Waals surface area contributed by atoms with Gasteiger partial charge in [-0.2, -0.15) is 0 Å². The van der Waals surface area contributed by atoms with Crippen molar-refractivity contribution in [1.82, 2.24) is 9.13 Å². The number of aromatic nitrogens is 2. The highest BCUT2D eigenvalue weighted by molar-refractivity contribution is 7.26. The Kier molecular flexibility index (Phi) is 11.4. The van der Waals surface area contributed by atoms with E-state index in [4.69, 9.17) is 0 Å². The van der Waals surface area contributed by atoms with Gasteiger partial charge >= 0.3 is 0 Å². The summed E-state index contributed by atoms with van der Waals surface area (Å²) in [6.45, 7) is 0. The summed E-state index contributed by atoms with van der Waals surface area (Å²) in [6.07, 6.45) is 0. The molecular weight excluding hydrogens is 1030 g/mol. The number of nitrogens with zero attached hydrogens (tertiary/aromatic N) is 2. The third kappa shape index (κ3) is 7.53. The minimum absolute atomic E-state index is 1.12. The molecule has 3 heterocycles. The van der Waals surface area contributed by atoms with Crippen LogP contribution in [0.1, 0.15) is 0 Å². The smallest absolute Gasteiger partial charge is 0.179 e. The van der Waals surface area contributed by atoms with Gasteiger partial charge < -0.3 is 9.13 Å². The van der Waals surface area contributed by atoms with E-state index in [0.717, 1.165) is 33.5 Å². The number of thiophene rings is 1. The van der Waals surface area contributed by atoms with E-state index in [2.05, 4.69) is 325 Å². The van der Waals surface area contributed by atoms with Crippen LogP contribution in [0.15, 0.2) is 315 Å². The van der Waals surface area contributed by atoms with E-state index in [1.54, 1.807) is 0 Å². The number of fused-ring (bicyclic) bond motifs is 9. The topological polar surface area (TPSA) is 9.86 Å². The largest absolute Gasteiger partial charge is 0.309 e. The Morgan fingerprint density at radius 3 is 1.34 bits per heavy atom. The Bertz CT molecular complexity index is 4960. The number of para-hydroxylation sites is 3. The summed E-state index contributed by atoms with van der Waals surface area (Å²) >= 11 is 1.87. The molecule has 0 unspecified atom stereocenters. The van der Waals surface area contributed by atoms with E-state index >= 15 is 0 Å². The minimum atomic E-state index is -3.12. The summed E-state index contributed by atoms with van der Waals surface area (Å²) in [5, 5.41) is 12.8. The molecule has 0 spiro atoms. The highest BCUT2D eigenvalue weighted by Gasteiger charge is 2.43. The lowest BCUT2D eigenvalue weighted by molar-refractivity contribution is 1.17. The first-order chi connectivity index (χ1) is 40.7. The highest BCUT2D eigenvalue weighted by atomic mass is 32.1. The first kappa shape index (κ1) is 47.9. The summed E-state index contributed by atoms with van der Waals surface area (Å²) in [6, 6.07) is 118. The highest BCUT2D eigenvalue weighted by Crippen LogP contribution is 2.46. The zero-order valence-electron chi connectivity index (χ0n) is 44.8. The standard InChI is InChI=1S/C78H52N2SSi/c1-6-24-53(25-7-1)54-44-47-60(48-45-54)82(58-30-12-4-13-31-58,59-32-14-5-15-33-59)61-51-68(55-26-8-2-9-27-55)78(69(52-61)56-28-10-3-11-29-56)80-72-41-20-17-35-63(72)70-50-57(46-49-73(70)80)79-71-40-19-16-34-62(71)65-38-22-39-66(77(65)79)64-37-23-43-75-76(64)67-36-18-21-42-74(67)81-75/h1-52H. The van der Waals surface area contributed by atoms with Gasteiger partial charge in [-0.1, -0.05) is 273 Å². The molecule has 4 heteroatoms. The average Bonchev–Trinajstić information content (AvgIpc) is 4.36. The van der Waals surface area contributed by atoms with Gasteiger partial charge in [0.25, 0.3) is 0 Å². The monoisotopic (exact) mass is 1080 g/mol. The molecule has 16 aromatic rings. The molecule has 0 amide bonds. The molecule has 0 aliphatic heterocycles. The van der Waals surface area contributed by atoms with Crippen molar-refractivity contribution < 1.29 is 0 Å². The van der Waals surface area contributed by atoms with Crippen LogP contribution in [0.4, 0.5) is 0 Å². The van der Waals surface area contributed by atoms with E-state index in [9.17, 15) is 0 Å². The Hall–Kier alpha value is -10.1. The molecule has 0 fully saturated rings. The maximum Gasteiger partial charge on any atom is 0.179 e. The van der Waals surface area contributed by atoms with Gasteiger partial charge in [0.2, 0.25) is 0 Å². The van der Waals surface area contributed by atoms with Crippen molar-refractivity contribution in [2.75, 3.05) is 0 Å². The fourth-order valence-corrected chi connectivity index (χ4v) is 19.4. The normalized spacial score (nSPS) is 11.9. The van der Waals surface area contributed by atoms with Crippen molar-refractivity contribution >= 4 is 104 Å². The summed E-state index contributed by atoms with van der Waals surface area (Å²) in [5.74, 6) is 0. The summed E-state index contributed by atoms with van der Waals surface area (Å²) in [5.41, 5.74) is 16.5. The Balaban J connectivity index is 0.987. The van der Waals surface area contributed by atoms with Crippen LogP contribution in [0.5, 0.6) is 0 Å². The van der Waals surface area contributed by atoms with E-state index in [0.29, 0.717) is 0 Å². The lowest BCUT2D eigenvalue weighted by atomic mass is 9.95. The molecule has 0 saturated carbocycles. The first-order valence-electron chi connectivity index (χ1n) is 28.2. The van der Waals surface area contributed by atoms with Crippen molar-refractivity contribution in [2.24, 2.45) is 0 Å². The van der Waals surface area contributed by atoms with Crippen LogP contribution in [-0.4, -0.2) is 17.2 Å². The zero-order chi connectivity index (χ0) is 54.1. The Morgan fingerprint density at radius 2 is 0.707 bits per heavy atom. The molecule has 82 heavy (non-hydrogen) atoms. The van der Waals surface area contributed by atoms with Crippen molar-refractivity contribution in [1.29, 1.82) is 0 Å². The van der Waals surface area contributed by atoms with Gasteiger partial charge in [-0.3, -0.25) is 0 Å². The summed E-state index contributed by atoms with van der Waals surface area (Å²) < 4.78 is 7.71. The molecular formula is C78H52N2SSi. The van der Waals surface area contributed by atoms with Gasteiger partial charge in [0.15, 0.2) is 8.07 Å². The number of hydrogen-bond acceptors (Lipinski definition) is 1. The molecule has 13 aromatic carbocycles. The molecule has 0 atom stereocenters.